The van der Waals surface area contributed by atoms with Gasteiger partial charge in [-0.2, -0.15) is 13.7 Å². The van der Waals surface area contributed by atoms with E-state index in [1.807, 2.05) is 0 Å². The molecule has 7 heteroatoms. The molecule has 8 aromatic carbocycles. The maximum atomic E-state index is 4.89. The van der Waals surface area contributed by atoms with E-state index in [0.29, 0.717) is 23.7 Å². The summed E-state index contributed by atoms with van der Waals surface area (Å²) in [7, 11) is 10.7. The van der Waals surface area contributed by atoms with Gasteiger partial charge in [0.1, 0.15) is 32.5 Å². The largest absolute Gasteiger partial charge is 0.330 e. The summed E-state index contributed by atoms with van der Waals surface area (Å²) >= 11 is 0. The lowest BCUT2D eigenvalue weighted by Gasteiger charge is -2.11. The van der Waals surface area contributed by atoms with Crippen LogP contribution in [0.15, 0.2) is 267 Å². The number of benzene rings is 8. The molecule has 15 aromatic rings. The molecule has 0 spiro atoms. The maximum Gasteiger partial charge on any atom is 0.330 e. The van der Waals surface area contributed by atoms with Crippen molar-refractivity contribution in [2.75, 3.05) is 0 Å². The highest BCUT2D eigenvalue weighted by Crippen LogP contribution is 2.31. The Morgan fingerprint density at radius 1 is 0.269 bits per heavy atom. The van der Waals surface area contributed by atoms with Crippen LogP contribution in [0.25, 0.3) is 111 Å². The summed E-state index contributed by atoms with van der Waals surface area (Å²) in [6.45, 7) is 28.7. The summed E-state index contributed by atoms with van der Waals surface area (Å²) < 4.78 is 11.3. The van der Waals surface area contributed by atoms with E-state index in [0.717, 1.165) is 29.8 Å². The zero-order valence-electron chi connectivity index (χ0n) is 64.8. The minimum atomic E-state index is 0.441. The monoisotopic (exact) mass is 1370 g/mol. The second-order valence-corrected chi connectivity index (χ2v) is 29.5. The summed E-state index contributed by atoms with van der Waals surface area (Å²) in [6.07, 6.45) is 2.14. The van der Waals surface area contributed by atoms with E-state index < -0.39 is 0 Å². The second kappa shape index (κ2) is 33.5. The molecule has 0 unspecified atom stereocenters. The lowest BCUT2D eigenvalue weighted by molar-refractivity contribution is -0.635. The molecule has 0 bridgehead atoms. The third kappa shape index (κ3) is 16.8. The van der Waals surface area contributed by atoms with E-state index in [1.165, 1.54) is 144 Å². The van der Waals surface area contributed by atoms with E-state index >= 15 is 0 Å². The fourth-order valence-corrected chi connectivity index (χ4v) is 14.5. The fraction of sp³-hybridized carbons (Fsp3) is 0.247. The van der Waals surface area contributed by atoms with Crippen molar-refractivity contribution in [2.24, 2.45) is 47.1 Å². The molecule has 0 aliphatic carbocycles. The first-order valence-electron chi connectivity index (χ1n) is 37.2. The molecule has 0 saturated heterocycles. The molecule has 0 N–H and O–H groups in total. The molecule has 0 radical (unpaired) electrons. The quantitative estimate of drug-likeness (QED) is 0.121. The van der Waals surface area contributed by atoms with Crippen LogP contribution >= 0.6 is 0 Å². The fourth-order valence-electron chi connectivity index (χ4n) is 14.5. The standard InChI is InChI=1S/C21H24N.C20H23N2.C20H22N.C19H21N2.C17H16N/c1-15(2)14-17-9-7-11-20-19(17)12-13-21(22(20)4)18-10-6-5-8-16(18)3;1-14(2)13-17-11-9-16-10-12-19(22(4)20(16)21-17)18-8-6-5-7-15(18)3;1-14(2)16-10-7-11-19-18(16)12-13-20(21(19)4)17-9-6-5-8-15(17)3;1-13(2)17-11-9-15-10-12-18(21(4)19(15)20-17)16-8-6-5-7-14(16)3;1-13-7-3-5-9-15(13)17-12-11-14-8-4-6-10-16(14)18(17)2/h5-13,15H,14H2,1-4H3;5-12,14H,13H2,1-4H3;5-14H,1-4H3;5-13H,1-4H3;3-12H,1-2H3/q5*+1. The van der Waals surface area contributed by atoms with Crippen molar-refractivity contribution in [3.63, 3.8) is 0 Å². The van der Waals surface area contributed by atoms with Crippen molar-refractivity contribution in [2.45, 2.75) is 115 Å². The highest BCUT2D eigenvalue weighted by molar-refractivity contribution is 5.84. The Morgan fingerprint density at radius 3 is 1.06 bits per heavy atom. The molecule has 0 aliphatic heterocycles. The van der Waals surface area contributed by atoms with Crippen LogP contribution in [0.3, 0.4) is 0 Å². The molecule has 7 heterocycles. The van der Waals surface area contributed by atoms with Gasteiger partial charge in [0.05, 0.1) is 24.9 Å². The molecule has 0 saturated carbocycles. The van der Waals surface area contributed by atoms with Gasteiger partial charge in [0.15, 0.2) is 11.4 Å². The predicted octanol–water partition coefficient (Wildman–Crippen LogP) is 21.6. The molecule has 524 valence electrons. The molecule has 104 heavy (non-hydrogen) atoms. The molecule has 15 rings (SSSR count). The van der Waals surface area contributed by atoms with Crippen LogP contribution < -0.4 is 22.8 Å². The first-order valence-corrected chi connectivity index (χ1v) is 37.2. The topological polar surface area (TPSA) is 45.2 Å². The van der Waals surface area contributed by atoms with Crippen LogP contribution in [0, 0.1) is 46.5 Å². The van der Waals surface area contributed by atoms with Crippen molar-refractivity contribution in [1.82, 2.24) is 9.97 Å². The van der Waals surface area contributed by atoms with E-state index in [9.17, 15) is 0 Å². The SMILES string of the molecule is Cc1ccccc1-c1ccc2c(C(C)C)cccc2[n+]1C.Cc1ccccc1-c1ccc2c(CC(C)C)cccc2[n+]1C.Cc1ccccc1-c1ccc2ccc(C(C)C)nc2[n+]1C.Cc1ccccc1-c1ccc2ccc(CC(C)C)nc2[n+]1C.Cc1ccccc1-c1ccc2ccccc2[n+]1C. The first-order chi connectivity index (χ1) is 50.1. The van der Waals surface area contributed by atoms with Crippen LogP contribution in [0.1, 0.15) is 118 Å². The summed E-state index contributed by atoms with van der Waals surface area (Å²) in [4.78, 5) is 9.75. The van der Waals surface area contributed by atoms with Gasteiger partial charge in [0.2, 0.25) is 33.6 Å². The Balaban J connectivity index is 0.000000130. The Morgan fingerprint density at radius 2 is 0.615 bits per heavy atom. The van der Waals surface area contributed by atoms with Crippen LogP contribution in [0.5, 0.6) is 0 Å². The number of para-hydroxylation sites is 1. The van der Waals surface area contributed by atoms with E-state index in [4.69, 9.17) is 9.97 Å². The van der Waals surface area contributed by atoms with Gasteiger partial charge in [0, 0.05) is 92.7 Å². The Bertz CT molecular complexity index is 5430. The zero-order chi connectivity index (χ0) is 73.9. The lowest BCUT2D eigenvalue weighted by atomic mass is 9.96. The van der Waals surface area contributed by atoms with Gasteiger partial charge < -0.3 is 0 Å². The molecule has 7 nitrogen and oxygen atoms in total. The Labute approximate surface area is 619 Å². The van der Waals surface area contributed by atoms with Crippen LogP contribution in [-0.2, 0) is 48.1 Å². The number of fused-ring (bicyclic) bond motifs is 5. The lowest BCUT2D eigenvalue weighted by Crippen LogP contribution is -2.33. The number of pyridine rings is 7. The van der Waals surface area contributed by atoms with Gasteiger partial charge in [0.25, 0.3) is 0 Å². The normalized spacial score (nSPS) is 11.2. The number of aryl methyl sites for hydroxylation is 10. The average molecular weight is 1370 g/mol. The van der Waals surface area contributed by atoms with Crippen molar-refractivity contribution < 1.29 is 22.8 Å². The Hall–Kier alpha value is -10.9. The third-order valence-corrected chi connectivity index (χ3v) is 20.3. The maximum absolute atomic E-state index is 4.89. The number of nitrogens with zero attached hydrogens (tertiary/aromatic N) is 7. The number of aromatic nitrogens is 7. The molecular formula is C97H106N7+5. The van der Waals surface area contributed by atoms with Crippen molar-refractivity contribution >= 4 is 54.8 Å². The van der Waals surface area contributed by atoms with Crippen molar-refractivity contribution in [3.05, 3.63) is 317 Å². The highest BCUT2D eigenvalue weighted by atomic mass is 15.0. The van der Waals surface area contributed by atoms with Gasteiger partial charge in [-0.25, -0.2) is 9.13 Å². The van der Waals surface area contributed by atoms with Crippen LogP contribution in [-0.4, -0.2) is 9.97 Å². The molecule has 0 aliphatic rings. The minimum Gasteiger partial charge on any atom is -0.226 e. The van der Waals surface area contributed by atoms with Gasteiger partial charge in [-0.05, 0) is 199 Å². The molecular weight excluding hydrogens is 1260 g/mol. The average Bonchev–Trinajstić information content (AvgIpc) is 0.802. The van der Waals surface area contributed by atoms with E-state index in [-0.39, 0.29) is 0 Å². The smallest absolute Gasteiger partial charge is 0.226 e. The van der Waals surface area contributed by atoms with Gasteiger partial charge in [-0.1, -0.05) is 195 Å². The highest BCUT2D eigenvalue weighted by Gasteiger charge is 2.23. The van der Waals surface area contributed by atoms with Gasteiger partial charge in [-0.3, -0.25) is 0 Å². The molecule has 0 atom stereocenters. The predicted molar refractivity (Wildman–Crippen MR) is 437 cm³/mol. The number of rotatable bonds is 11. The Kier molecular flexibility index (Phi) is 23.9. The van der Waals surface area contributed by atoms with E-state index in [1.54, 1.807) is 0 Å². The summed E-state index contributed by atoms with van der Waals surface area (Å²) in [5.41, 5.74) is 30.3. The van der Waals surface area contributed by atoms with Gasteiger partial charge >= 0.3 is 11.3 Å². The van der Waals surface area contributed by atoms with Gasteiger partial charge in [-0.15, -0.1) is 0 Å². The van der Waals surface area contributed by atoms with Crippen LogP contribution in [0.2, 0.25) is 0 Å². The van der Waals surface area contributed by atoms with E-state index in [2.05, 4.69) is 415 Å². The van der Waals surface area contributed by atoms with Crippen molar-refractivity contribution in [1.29, 1.82) is 0 Å². The number of hydrogen-bond acceptors (Lipinski definition) is 2. The summed E-state index contributed by atoms with van der Waals surface area (Å²) in [5, 5.41) is 6.37. The minimum absolute atomic E-state index is 0.441. The third-order valence-electron chi connectivity index (χ3n) is 20.3. The molecule has 7 aromatic heterocycles. The number of hydrogen-bond donors (Lipinski definition) is 0. The zero-order valence-corrected chi connectivity index (χ0v) is 64.8. The van der Waals surface area contributed by atoms with Crippen molar-refractivity contribution in [3.8, 4) is 56.3 Å². The first kappa shape index (κ1) is 74.3. The molecule has 0 amide bonds. The molecule has 0 fully saturated rings. The summed E-state index contributed by atoms with van der Waals surface area (Å²) in [5.74, 6) is 2.27. The second-order valence-electron chi connectivity index (χ2n) is 29.5. The summed E-state index contributed by atoms with van der Waals surface area (Å²) in [6, 6.07) is 95.2. The van der Waals surface area contributed by atoms with Crippen LogP contribution in [0.4, 0.5) is 0 Å².